The summed E-state index contributed by atoms with van der Waals surface area (Å²) < 4.78 is 1.27. The summed E-state index contributed by atoms with van der Waals surface area (Å²) in [6.07, 6.45) is 6.77. The number of nitrogens with one attached hydrogen (secondary N) is 1. The van der Waals surface area contributed by atoms with Crippen molar-refractivity contribution < 1.29 is 0 Å². The number of dihydropyridines is 1. The number of rotatable bonds is 5. The molecule has 0 spiro atoms. The molecule has 2 aliphatic rings. The number of hydrogen-bond acceptors (Lipinski definition) is 4. The van der Waals surface area contributed by atoms with Crippen LogP contribution in [0, 0.1) is 0 Å². The van der Waals surface area contributed by atoms with E-state index in [4.69, 9.17) is 5.73 Å². The van der Waals surface area contributed by atoms with Crippen LogP contribution >= 0.6 is 23.5 Å². The number of unbranched alkanes of at least 4 members (excludes halogenated alkanes) is 1. The third-order valence-electron chi connectivity index (χ3n) is 3.57. The molecule has 0 aliphatic carbocycles. The lowest BCUT2D eigenvalue weighted by Crippen LogP contribution is -2.28. The van der Waals surface area contributed by atoms with Gasteiger partial charge in [-0.3, -0.25) is 0 Å². The molecule has 0 fully saturated rings. The van der Waals surface area contributed by atoms with Gasteiger partial charge >= 0.3 is 0 Å². The van der Waals surface area contributed by atoms with Gasteiger partial charge in [-0.15, -0.1) is 11.8 Å². The van der Waals surface area contributed by atoms with Gasteiger partial charge in [0.05, 0.1) is 9.93 Å². The molecule has 21 heavy (non-hydrogen) atoms. The summed E-state index contributed by atoms with van der Waals surface area (Å²) >= 11 is 3.74. The van der Waals surface area contributed by atoms with E-state index < -0.39 is 0 Å². The first-order valence-corrected chi connectivity index (χ1v) is 9.19. The second kappa shape index (κ2) is 6.67. The molecule has 1 aromatic carbocycles. The zero-order chi connectivity index (χ0) is 14.7. The van der Waals surface area contributed by atoms with Crippen molar-refractivity contribution in [3.05, 3.63) is 63.6 Å². The molecular formula is C17H20N2S2. The van der Waals surface area contributed by atoms with Gasteiger partial charge in [-0.2, -0.15) is 0 Å². The van der Waals surface area contributed by atoms with Crippen LogP contribution in [0.3, 0.4) is 0 Å². The predicted molar refractivity (Wildman–Crippen MR) is 95.6 cm³/mol. The molecule has 0 saturated heterocycles. The summed E-state index contributed by atoms with van der Waals surface area (Å²) in [5, 5.41) is 3.86. The first-order chi connectivity index (χ1) is 10.3. The van der Waals surface area contributed by atoms with Crippen LogP contribution in [0.15, 0.2) is 58.0 Å². The molecular weight excluding hydrogens is 296 g/mol. The summed E-state index contributed by atoms with van der Waals surface area (Å²) in [6, 6.07) is 10.4. The lowest BCUT2D eigenvalue weighted by atomic mass is 10.1. The van der Waals surface area contributed by atoms with Crippen LogP contribution in [-0.2, 0) is 0 Å². The Bertz CT molecular complexity index is 602. The van der Waals surface area contributed by atoms with Crippen molar-refractivity contribution in [3.8, 4) is 0 Å². The second-order valence-corrected chi connectivity index (χ2v) is 7.59. The van der Waals surface area contributed by atoms with Crippen molar-refractivity contribution in [2.75, 3.05) is 5.75 Å². The number of hydrogen-bond donors (Lipinski definition) is 2. The number of nitrogens with two attached hydrogens (primary N) is 1. The summed E-state index contributed by atoms with van der Waals surface area (Å²) in [5.41, 5.74) is 10.9. The van der Waals surface area contributed by atoms with Crippen LogP contribution in [0.1, 0.15) is 25.3 Å². The maximum Gasteiger partial charge on any atom is 0.105 e. The maximum atomic E-state index is 6.30. The standard InChI is InChI=1S/C17H20N2S2/c1-2-3-11-20-17-15(18)13-9-10-14(19-16(13)21-17)12-7-5-4-6-8-12/h4-10,16,19H,2-3,11,18H2,1H3. The summed E-state index contributed by atoms with van der Waals surface area (Å²) in [5.74, 6) is 1.15. The van der Waals surface area contributed by atoms with Gasteiger partial charge < -0.3 is 11.1 Å². The second-order valence-electron chi connectivity index (χ2n) is 5.11. The van der Waals surface area contributed by atoms with E-state index in [1.54, 1.807) is 0 Å². The lowest BCUT2D eigenvalue weighted by molar-refractivity contribution is 0.896. The zero-order valence-electron chi connectivity index (χ0n) is 12.1. The molecule has 4 heteroatoms. The lowest BCUT2D eigenvalue weighted by Gasteiger charge is -2.22. The van der Waals surface area contributed by atoms with Crippen LogP contribution < -0.4 is 11.1 Å². The van der Waals surface area contributed by atoms with Crippen LogP contribution in [0.2, 0.25) is 0 Å². The Kier molecular flexibility index (Phi) is 4.66. The normalized spacial score (nSPS) is 20.7. The molecule has 1 unspecified atom stereocenters. The fourth-order valence-electron chi connectivity index (χ4n) is 2.36. The molecule has 1 aromatic rings. The van der Waals surface area contributed by atoms with E-state index in [1.165, 1.54) is 33.9 Å². The van der Waals surface area contributed by atoms with Gasteiger partial charge in [0.15, 0.2) is 0 Å². The van der Waals surface area contributed by atoms with Crippen LogP contribution in [0.4, 0.5) is 0 Å². The predicted octanol–water partition coefficient (Wildman–Crippen LogP) is 4.29. The topological polar surface area (TPSA) is 38.0 Å². The largest absolute Gasteiger partial charge is 0.397 e. The van der Waals surface area contributed by atoms with Gasteiger partial charge in [0.25, 0.3) is 0 Å². The molecule has 2 aliphatic heterocycles. The Hall–Kier alpha value is -1.26. The summed E-state index contributed by atoms with van der Waals surface area (Å²) in [4.78, 5) is 0. The van der Waals surface area contributed by atoms with E-state index in [0.717, 1.165) is 11.4 Å². The minimum atomic E-state index is 0.259. The molecule has 3 N–H and O–H groups in total. The first-order valence-electron chi connectivity index (χ1n) is 7.33. The van der Waals surface area contributed by atoms with Gasteiger partial charge in [0, 0.05) is 11.3 Å². The van der Waals surface area contributed by atoms with E-state index in [1.807, 2.05) is 29.6 Å². The van der Waals surface area contributed by atoms with Crippen LogP contribution in [0.25, 0.3) is 5.70 Å². The van der Waals surface area contributed by atoms with E-state index >= 15 is 0 Å². The highest BCUT2D eigenvalue weighted by Gasteiger charge is 2.31. The van der Waals surface area contributed by atoms with E-state index in [-0.39, 0.29) is 5.37 Å². The summed E-state index contributed by atoms with van der Waals surface area (Å²) in [7, 11) is 0. The fraction of sp³-hybridized carbons (Fsp3) is 0.294. The molecule has 0 bridgehead atoms. The van der Waals surface area contributed by atoms with Gasteiger partial charge in [-0.25, -0.2) is 0 Å². The fourth-order valence-corrected chi connectivity index (χ4v) is 5.04. The molecule has 0 aromatic heterocycles. The number of benzene rings is 1. The highest BCUT2D eigenvalue weighted by Crippen LogP contribution is 2.46. The van der Waals surface area contributed by atoms with Crippen molar-refractivity contribution in [1.29, 1.82) is 0 Å². The van der Waals surface area contributed by atoms with Gasteiger partial charge in [0.2, 0.25) is 0 Å². The summed E-state index contributed by atoms with van der Waals surface area (Å²) in [6.45, 7) is 2.22. The van der Waals surface area contributed by atoms with E-state index in [2.05, 4.69) is 48.7 Å². The number of fused-ring (bicyclic) bond motifs is 1. The van der Waals surface area contributed by atoms with E-state index in [0.29, 0.717) is 0 Å². The molecule has 1 atom stereocenters. The molecule has 110 valence electrons. The SMILES string of the molecule is CCCCSC1=C(N)C2=CC=C(c3ccccc3)NC2S1. The average Bonchev–Trinajstić information content (AvgIpc) is 2.84. The third-order valence-corrected chi connectivity index (χ3v) is 6.23. The molecule has 0 radical (unpaired) electrons. The van der Waals surface area contributed by atoms with Crippen LogP contribution in [0.5, 0.6) is 0 Å². The van der Waals surface area contributed by atoms with Crippen molar-refractivity contribution in [2.45, 2.75) is 25.1 Å². The Morgan fingerprint density at radius 1 is 1.24 bits per heavy atom. The van der Waals surface area contributed by atoms with Crippen molar-refractivity contribution in [3.63, 3.8) is 0 Å². The average molecular weight is 316 g/mol. The van der Waals surface area contributed by atoms with Crippen LogP contribution in [-0.4, -0.2) is 11.1 Å². The Morgan fingerprint density at radius 3 is 2.81 bits per heavy atom. The Morgan fingerprint density at radius 2 is 2.05 bits per heavy atom. The van der Waals surface area contributed by atoms with E-state index in [9.17, 15) is 0 Å². The van der Waals surface area contributed by atoms with Crippen molar-refractivity contribution >= 4 is 29.2 Å². The van der Waals surface area contributed by atoms with Gasteiger partial charge in [0.1, 0.15) is 5.37 Å². The minimum absolute atomic E-state index is 0.259. The minimum Gasteiger partial charge on any atom is -0.397 e. The number of allylic oxidation sites excluding steroid dienone is 2. The highest BCUT2D eigenvalue weighted by atomic mass is 32.2. The van der Waals surface area contributed by atoms with Gasteiger partial charge in [-0.1, -0.05) is 61.5 Å². The monoisotopic (exact) mass is 316 g/mol. The van der Waals surface area contributed by atoms with Crippen molar-refractivity contribution in [1.82, 2.24) is 5.32 Å². The highest BCUT2D eigenvalue weighted by molar-refractivity contribution is 8.22. The Labute approximate surface area is 135 Å². The van der Waals surface area contributed by atoms with Gasteiger partial charge in [-0.05, 0) is 23.8 Å². The maximum absolute atomic E-state index is 6.30. The molecule has 0 amide bonds. The quantitative estimate of drug-likeness (QED) is 0.795. The molecule has 3 rings (SSSR count). The number of thioether (sulfide) groups is 2. The first kappa shape index (κ1) is 14.7. The van der Waals surface area contributed by atoms with Crippen molar-refractivity contribution in [2.24, 2.45) is 5.73 Å². The molecule has 0 saturated carbocycles. The molecule has 2 heterocycles. The smallest absolute Gasteiger partial charge is 0.105 e. The third kappa shape index (κ3) is 3.16. The Balaban J connectivity index is 1.75. The zero-order valence-corrected chi connectivity index (χ0v) is 13.8. The molecule has 2 nitrogen and oxygen atoms in total.